The molecular weight excluding hydrogens is 260 g/mol. The first kappa shape index (κ1) is 11.9. The molecule has 0 saturated carbocycles. The number of nitrogens with one attached hydrogen (secondary N) is 1. The second-order valence-electron chi connectivity index (χ2n) is 5.31. The second kappa shape index (κ2) is 3.60. The van der Waals surface area contributed by atoms with Crippen LogP contribution in [-0.2, 0) is 4.84 Å². The highest BCUT2D eigenvalue weighted by atomic mass is 16.8. The van der Waals surface area contributed by atoms with E-state index in [-0.39, 0.29) is 12.1 Å². The SMILES string of the molecule is C=C1c2c(OC)cc(C=O)cc2N2CC3NC3C1(O)O2. The van der Waals surface area contributed by atoms with E-state index >= 15 is 0 Å². The van der Waals surface area contributed by atoms with E-state index in [4.69, 9.17) is 9.57 Å². The van der Waals surface area contributed by atoms with Crippen molar-refractivity contribution in [1.29, 1.82) is 0 Å². The van der Waals surface area contributed by atoms with E-state index in [0.29, 0.717) is 34.7 Å². The number of hydroxylamine groups is 1. The largest absolute Gasteiger partial charge is 0.496 e. The molecule has 3 aliphatic rings. The fourth-order valence-electron chi connectivity index (χ4n) is 3.08. The van der Waals surface area contributed by atoms with Gasteiger partial charge in [0.25, 0.3) is 0 Å². The Bertz CT molecular complexity index is 644. The highest BCUT2D eigenvalue weighted by molar-refractivity contribution is 5.90. The number of ether oxygens (including phenoxy) is 1. The molecule has 0 amide bonds. The number of fused-ring (bicyclic) bond motifs is 6. The molecule has 0 spiro atoms. The van der Waals surface area contributed by atoms with Gasteiger partial charge in [-0.3, -0.25) is 4.79 Å². The molecule has 4 rings (SSSR count). The van der Waals surface area contributed by atoms with Gasteiger partial charge < -0.3 is 15.2 Å². The maximum absolute atomic E-state index is 11.1. The maximum Gasteiger partial charge on any atom is 0.235 e. The van der Waals surface area contributed by atoms with Crippen LogP contribution in [0.5, 0.6) is 5.75 Å². The maximum atomic E-state index is 11.1. The van der Waals surface area contributed by atoms with E-state index < -0.39 is 5.79 Å². The number of carbonyl (C=O) groups excluding carboxylic acids is 1. The van der Waals surface area contributed by atoms with E-state index in [9.17, 15) is 9.90 Å². The highest BCUT2D eigenvalue weighted by Gasteiger charge is 2.63. The molecule has 0 aromatic heterocycles. The van der Waals surface area contributed by atoms with Gasteiger partial charge in [-0.1, -0.05) is 6.58 Å². The average molecular weight is 274 g/mol. The lowest BCUT2D eigenvalue weighted by molar-refractivity contribution is -0.182. The lowest BCUT2D eigenvalue weighted by Gasteiger charge is -2.44. The normalized spacial score (nSPS) is 33.3. The van der Waals surface area contributed by atoms with Gasteiger partial charge in [-0.25, -0.2) is 9.90 Å². The quantitative estimate of drug-likeness (QED) is 0.597. The number of hydrogen-bond acceptors (Lipinski definition) is 6. The van der Waals surface area contributed by atoms with Crippen LogP contribution < -0.4 is 15.1 Å². The average Bonchev–Trinajstić information content (AvgIpc) is 3.24. The molecule has 0 radical (unpaired) electrons. The Labute approximate surface area is 115 Å². The first-order valence-corrected chi connectivity index (χ1v) is 6.40. The van der Waals surface area contributed by atoms with Crippen molar-refractivity contribution < 1.29 is 19.5 Å². The van der Waals surface area contributed by atoms with Crippen LogP contribution in [0.15, 0.2) is 18.7 Å². The summed E-state index contributed by atoms with van der Waals surface area (Å²) in [6.45, 7) is 4.59. The summed E-state index contributed by atoms with van der Waals surface area (Å²) < 4.78 is 5.35. The summed E-state index contributed by atoms with van der Waals surface area (Å²) in [6, 6.07) is 3.39. The Morgan fingerprint density at radius 2 is 2.45 bits per heavy atom. The van der Waals surface area contributed by atoms with Crippen molar-refractivity contribution in [3.05, 3.63) is 29.8 Å². The standard InChI is InChI=1S/C14H14N2O4/c1-7-12-10(3-8(6-17)4-11(12)19-2)16-5-9-13(15-9)14(7,18)20-16/h3-4,6,9,13,15,18H,1,5H2,2H3. The zero-order chi connectivity index (χ0) is 14.1. The van der Waals surface area contributed by atoms with Crippen molar-refractivity contribution >= 4 is 17.5 Å². The second-order valence-corrected chi connectivity index (χ2v) is 5.31. The van der Waals surface area contributed by atoms with Gasteiger partial charge in [0.2, 0.25) is 5.79 Å². The van der Waals surface area contributed by atoms with Gasteiger partial charge in [-0.15, -0.1) is 0 Å². The van der Waals surface area contributed by atoms with Crippen molar-refractivity contribution in [2.24, 2.45) is 0 Å². The van der Waals surface area contributed by atoms with Crippen LogP contribution in [-0.4, -0.2) is 42.9 Å². The fraction of sp³-hybridized carbons (Fsp3) is 0.357. The first-order chi connectivity index (χ1) is 9.58. The number of hydrogen-bond donors (Lipinski definition) is 2. The van der Waals surface area contributed by atoms with E-state index in [0.717, 1.165) is 6.29 Å². The summed E-state index contributed by atoms with van der Waals surface area (Å²) >= 11 is 0. The molecule has 6 heteroatoms. The van der Waals surface area contributed by atoms with E-state index in [1.807, 2.05) is 0 Å². The summed E-state index contributed by atoms with van der Waals surface area (Å²) in [4.78, 5) is 16.7. The minimum absolute atomic E-state index is 0.144. The molecule has 1 aromatic carbocycles. The number of rotatable bonds is 2. The molecule has 3 atom stereocenters. The van der Waals surface area contributed by atoms with Gasteiger partial charge >= 0.3 is 0 Å². The summed E-state index contributed by atoms with van der Waals surface area (Å²) in [5.74, 6) is -0.938. The smallest absolute Gasteiger partial charge is 0.235 e. The Kier molecular flexibility index (Phi) is 2.14. The summed E-state index contributed by atoms with van der Waals surface area (Å²) in [5, 5.41) is 15.5. The molecular formula is C14H14N2O4. The number of methoxy groups -OCH3 is 1. The van der Waals surface area contributed by atoms with Gasteiger partial charge in [0.05, 0.1) is 30.9 Å². The molecule has 6 nitrogen and oxygen atoms in total. The topological polar surface area (TPSA) is 80.9 Å². The van der Waals surface area contributed by atoms with Gasteiger partial charge in [0.1, 0.15) is 12.0 Å². The van der Waals surface area contributed by atoms with Crippen LogP contribution in [0.1, 0.15) is 15.9 Å². The fourth-order valence-corrected chi connectivity index (χ4v) is 3.08. The van der Waals surface area contributed by atoms with Crippen LogP contribution in [0, 0.1) is 0 Å². The molecule has 2 bridgehead atoms. The van der Waals surface area contributed by atoms with Gasteiger partial charge in [-0.05, 0) is 12.1 Å². The van der Waals surface area contributed by atoms with E-state index in [1.54, 1.807) is 17.2 Å². The van der Waals surface area contributed by atoms with Crippen molar-refractivity contribution in [3.63, 3.8) is 0 Å². The van der Waals surface area contributed by atoms with Crippen molar-refractivity contribution in [2.75, 3.05) is 18.7 Å². The minimum atomic E-state index is -1.45. The Morgan fingerprint density at radius 3 is 3.15 bits per heavy atom. The molecule has 0 aliphatic carbocycles. The number of benzene rings is 1. The summed E-state index contributed by atoms with van der Waals surface area (Å²) in [5.41, 5.74) is 2.35. The Hall–Kier alpha value is -1.89. The Balaban J connectivity index is 1.96. The number of carbonyl (C=O) groups is 1. The van der Waals surface area contributed by atoms with Crippen LogP contribution in [0.2, 0.25) is 0 Å². The van der Waals surface area contributed by atoms with Crippen LogP contribution in [0.4, 0.5) is 5.69 Å². The third kappa shape index (κ3) is 1.30. The third-order valence-corrected chi connectivity index (χ3v) is 4.18. The van der Waals surface area contributed by atoms with Crippen LogP contribution >= 0.6 is 0 Å². The van der Waals surface area contributed by atoms with E-state index in [1.165, 1.54) is 7.11 Å². The Morgan fingerprint density at radius 1 is 1.65 bits per heavy atom. The summed E-state index contributed by atoms with van der Waals surface area (Å²) in [6.07, 6.45) is 0.758. The molecule has 1 aromatic rings. The molecule has 2 N–H and O–H groups in total. The number of aldehydes is 1. The molecule has 2 saturated heterocycles. The number of aliphatic hydroxyl groups is 1. The van der Waals surface area contributed by atoms with Crippen molar-refractivity contribution in [3.8, 4) is 5.75 Å². The minimum Gasteiger partial charge on any atom is -0.496 e. The molecule has 3 aliphatic heterocycles. The molecule has 20 heavy (non-hydrogen) atoms. The first-order valence-electron chi connectivity index (χ1n) is 6.40. The van der Waals surface area contributed by atoms with Crippen molar-refractivity contribution in [2.45, 2.75) is 17.9 Å². The molecule has 104 valence electrons. The van der Waals surface area contributed by atoms with Gasteiger partial charge in [0, 0.05) is 17.2 Å². The van der Waals surface area contributed by atoms with Crippen molar-refractivity contribution in [1.82, 2.24) is 5.32 Å². The highest BCUT2D eigenvalue weighted by Crippen LogP contribution is 2.51. The zero-order valence-corrected chi connectivity index (χ0v) is 10.9. The lowest BCUT2D eigenvalue weighted by Crippen LogP contribution is -2.55. The third-order valence-electron chi connectivity index (χ3n) is 4.18. The number of anilines is 1. The lowest BCUT2D eigenvalue weighted by atomic mass is 9.89. The zero-order valence-electron chi connectivity index (χ0n) is 10.9. The van der Waals surface area contributed by atoms with E-state index in [2.05, 4.69) is 11.9 Å². The van der Waals surface area contributed by atoms with Crippen LogP contribution in [0.3, 0.4) is 0 Å². The van der Waals surface area contributed by atoms with Crippen LogP contribution in [0.25, 0.3) is 5.57 Å². The predicted molar refractivity (Wildman–Crippen MR) is 71.5 cm³/mol. The predicted octanol–water partition coefficient (Wildman–Crippen LogP) is 0.315. The monoisotopic (exact) mass is 274 g/mol. The number of nitrogens with zero attached hydrogens (tertiary/aromatic N) is 1. The molecule has 3 unspecified atom stereocenters. The van der Waals surface area contributed by atoms with Gasteiger partial charge in [-0.2, -0.15) is 0 Å². The summed E-state index contributed by atoms with van der Waals surface area (Å²) in [7, 11) is 1.53. The van der Waals surface area contributed by atoms with Gasteiger partial charge in [0.15, 0.2) is 0 Å². The molecule has 2 fully saturated rings. The molecule has 3 heterocycles.